The highest BCUT2D eigenvalue weighted by Gasteiger charge is 2.21. The van der Waals surface area contributed by atoms with Gasteiger partial charge in [-0.3, -0.25) is 4.79 Å². The van der Waals surface area contributed by atoms with Crippen LogP contribution in [-0.2, 0) is 4.74 Å². The molecule has 0 N–H and O–H groups in total. The van der Waals surface area contributed by atoms with Gasteiger partial charge >= 0.3 is 0 Å². The van der Waals surface area contributed by atoms with Crippen LogP contribution in [0, 0.1) is 0 Å². The van der Waals surface area contributed by atoms with Gasteiger partial charge in [0.15, 0.2) is 16.6 Å². The van der Waals surface area contributed by atoms with Crippen LogP contribution in [0.3, 0.4) is 0 Å². The molecule has 1 aromatic heterocycles. The lowest BCUT2D eigenvalue weighted by molar-refractivity contribution is 0.0452. The van der Waals surface area contributed by atoms with Crippen molar-refractivity contribution >= 4 is 17.5 Å². The summed E-state index contributed by atoms with van der Waals surface area (Å²) in [7, 11) is 0. The minimum absolute atomic E-state index is 0.0308. The van der Waals surface area contributed by atoms with E-state index in [1.165, 1.54) is 6.92 Å². The zero-order valence-corrected chi connectivity index (χ0v) is 8.10. The second-order valence-corrected chi connectivity index (χ2v) is 4.26. The van der Waals surface area contributed by atoms with Crippen molar-refractivity contribution < 1.29 is 13.9 Å². The Morgan fingerprint density at radius 3 is 2.77 bits per heavy atom. The molecule has 0 bridgehead atoms. The Kier molecular flexibility index (Phi) is 2.42. The molecule has 0 unspecified atom stereocenters. The highest BCUT2D eigenvalue weighted by Crippen LogP contribution is 2.29. The fraction of sp³-hybridized carbons (Fsp3) is 0.444. The first-order valence-electron chi connectivity index (χ1n) is 4.11. The van der Waals surface area contributed by atoms with Gasteiger partial charge in [0, 0.05) is 6.92 Å². The Morgan fingerprint density at radius 2 is 2.31 bits per heavy atom. The van der Waals surface area contributed by atoms with Crippen LogP contribution in [-0.4, -0.2) is 24.2 Å². The minimum atomic E-state index is -0.0308. The summed E-state index contributed by atoms with van der Waals surface area (Å²) in [6, 6.07) is 3.55. The van der Waals surface area contributed by atoms with E-state index in [1.807, 2.05) is 6.07 Å². The maximum Gasteiger partial charge on any atom is 0.194 e. The summed E-state index contributed by atoms with van der Waals surface area (Å²) in [5.74, 6) is 0.402. The van der Waals surface area contributed by atoms with Crippen molar-refractivity contribution in [2.45, 2.75) is 17.3 Å². The van der Waals surface area contributed by atoms with E-state index in [0.29, 0.717) is 11.0 Å². The summed E-state index contributed by atoms with van der Waals surface area (Å²) < 4.78 is 10.3. The van der Waals surface area contributed by atoms with E-state index < -0.39 is 0 Å². The Bertz CT molecular complexity index is 314. The molecule has 0 aromatic carbocycles. The van der Waals surface area contributed by atoms with Gasteiger partial charge < -0.3 is 9.15 Å². The zero-order valence-electron chi connectivity index (χ0n) is 7.28. The standard InChI is InChI=1S/C9H10O3S/c1-6(10)8-2-3-9(12-8)13-7-4-11-5-7/h2-3,7H,4-5H2,1H3. The molecule has 1 saturated heterocycles. The first-order chi connectivity index (χ1) is 6.25. The average molecular weight is 198 g/mol. The summed E-state index contributed by atoms with van der Waals surface area (Å²) in [6.07, 6.45) is 0. The summed E-state index contributed by atoms with van der Waals surface area (Å²) >= 11 is 1.62. The van der Waals surface area contributed by atoms with E-state index in [1.54, 1.807) is 17.8 Å². The summed E-state index contributed by atoms with van der Waals surface area (Å²) in [5, 5.41) is 1.30. The van der Waals surface area contributed by atoms with E-state index in [-0.39, 0.29) is 5.78 Å². The first kappa shape index (κ1) is 8.84. The number of ketones is 1. The van der Waals surface area contributed by atoms with Crippen LogP contribution in [0.15, 0.2) is 21.6 Å². The molecule has 2 heterocycles. The van der Waals surface area contributed by atoms with Crippen LogP contribution in [0.25, 0.3) is 0 Å². The first-order valence-corrected chi connectivity index (χ1v) is 4.99. The van der Waals surface area contributed by atoms with Crippen molar-refractivity contribution in [3.8, 4) is 0 Å². The average Bonchev–Trinajstić information content (AvgIpc) is 2.44. The van der Waals surface area contributed by atoms with Crippen LogP contribution < -0.4 is 0 Å². The Balaban J connectivity index is 2.00. The SMILES string of the molecule is CC(=O)c1ccc(SC2COC2)o1. The molecule has 1 aliphatic rings. The second-order valence-electron chi connectivity index (χ2n) is 2.95. The van der Waals surface area contributed by atoms with Crippen LogP contribution >= 0.6 is 11.8 Å². The quantitative estimate of drug-likeness (QED) is 0.696. The predicted molar refractivity (Wildman–Crippen MR) is 49.2 cm³/mol. The smallest absolute Gasteiger partial charge is 0.194 e. The van der Waals surface area contributed by atoms with Crippen molar-refractivity contribution in [3.05, 3.63) is 17.9 Å². The van der Waals surface area contributed by atoms with Crippen molar-refractivity contribution in [2.75, 3.05) is 13.2 Å². The fourth-order valence-corrected chi connectivity index (χ4v) is 1.96. The number of hydrogen-bond donors (Lipinski definition) is 0. The van der Waals surface area contributed by atoms with E-state index in [4.69, 9.17) is 9.15 Å². The molecule has 0 spiro atoms. The second kappa shape index (κ2) is 3.55. The summed E-state index contributed by atoms with van der Waals surface area (Å²) in [4.78, 5) is 10.9. The topological polar surface area (TPSA) is 39.4 Å². The molecule has 0 saturated carbocycles. The number of ether oxygens (including phenoxy) is 1. The van der Waals surface area contributed by atoms with Gasteiger partial charge in [-0.05, 0) is 12.1 Å². The van der Waals surface area contributed by atoms with E-state index >= 15 is 0 Å². The fourth-order valence-electron chi connectivity index (χ4n) is 1.02. The number of rotatable bonds is 3. The molecule has 1 aliphatic heterocycles. The van der Waals surface area contributed by atoms with E-state index in [9.17, 15) is 4.79 Å². The van der Waals surface area contributed by atoms with Crippen LogP contribution in [0.1, 0.15) is 17.5 Å². The molecule has 1 aromatic rings. The number of carbonyl (C=O) groups is 1. The van der Waals surface area contributed by atoms with Gasteiger partial charge in [0.05, 0.1) is 18.5 Å². The molecular weight excluding hydrogens is 188 g/mol. The summed E-state index contributed by atoms with van der Waals surface area (Å²) in [6.45, 7) is 3.06. The van der Waals surface area contributed by atoms with Gasteiger partial charge in [-0.15, -0.1) is 0 Å². The number of hydrogen-bond acceptors (Lipinski definition) is 4. The van der Waals surface area contributed by atoms with Crippen molar-refractivity contribution in [3.63, 3.8) is 0 Å². The van der Waals surface area contributed by atoms with Gasteiger partial charge in [0.25, 0.3) is 0 Å². The van der Waals surface area contributed by atoms with E-state index in [0.717, 1.165) is 18.3 Å². The summed E-state index contributed by atoms with van der Waals surface area (Å²) in [5.41, 5.74) is 0. The number of Topliss-reactive ketones (excluding diaryl/α,β-unsaturated/α-hetero) is 1. The van der Waals surface area contributed by atoms with Gasteiger partial charge in [-0.1, -0.05) is 11.8 Å². The van der Waals surface area contributed by atoms with Crippen molar-refractivity contribution in [2.24, 2.45) is 0 Å². The van der Waals surface area contributed by atoms with Crippen LogP contribution in [0.2, 0.25) is 0 Å². The van der Waals surface area contributed by atoms with Crippen LogP contribution in [0.4, 0.5) is 0 Å². The zero-order chi connectivity index (χ0) is 9.26. The van der Waals surface area contributed by atoms with E-state index in [2.05, 4.69) is 0 Å². The molecule has 0 amide bonds. The number of carbonyl (C=O) groups excluding carboxylic acids is 1. The molecule has 0 aliphatic carbocycles. The number of thioether (sulfide) groups is 1. The lowest BCUT2D eigenvalue weighted by Gasteiger charge is -2.23. The molecule has 13 heavy (non-hydrogen) atoms. The molecular formula is C9H10O3S. The molecule has 1 fully saturated rings. The molecule has 0 atom stereocenters. The van der Waals surface area contributed by atoms with Gasteiger partial charge in [-0.25, -0.2) is 0 Å². The molecule has 0 radical (unpaired) electrons. The monoisotopic (exact) mass is 198 g/mol. The van der Waals surface area contributed by atoms with Gasteiger partial charge in [-0.2, -0.15) is 0 Å². The Morgan fingerprint density at radius 1 is 1.54 bits per heavy atom. The molecule has 2 rings (SSSR count). The molecule has 3 nitrogen and oxygen atoms in total. The third-order valence-corrected chi connectivity index (χ3v) is 2.88. The molecule has 4 heteroatoms. The highest BCUT2D eigenvalue weighted by atomic mass is 32.2. The van der Waals surface area contributed by atoms with Gasteiger partial charge in [0.1, 0.15) is 0 Å². The third-order valence-electron chi connectivity index (χ3n) is 1.82. The maximum absolute atomic E-state index is 10.9. The number of furan rings is 1. The van der Waals surface area contributed by atoms with Crippen molar-refractivity contribution in [1.29, 1.82) is 0 Å². The van der Waals surface area contributed by atoms with Crippen molar-refractivity contribution in [1.82, 2.24) is 0 Å². The third kappa shape index (κ3) is 1.95. The lowest BCUT2D eigenvalue weighted by atomic mass is 10.3. The molecule has 70 valence electrons. The van der Waals surface area contributed by atoms with Crippen LogP contribution in [0.5, 0.6) is 0 Å². The maximum atomic E-state index is 10.9. The largest absolute Gasteiger partial charge is 0.447 e. The normalized spacial score (nSPS) is 17.0. The highest BCUT2D eigenvalue weighted by molar-refractivity contribution is 7.99. The Labute approximate surface area is 80.4 Å². The predicted octanol–water partition coefficient (Wildman–Crippen LogP) is 1.97. The Hall–Kier alpha value is -0.740. The minimum Gasteiger partial charge on any atom is -0.447 e. The van der Waals surface area contributed by atoms with Gasteiger partial charge in [0.2, 0.25) is 0 Å². The lowest BCUT2D eigenvalue weighted by Crippen LogP contribution is -2.29.